The summed E-state index contributed by atoms with van der Waals surface area (Å²) in [5.41, 5.74) is 9.99. The molecule has 0 spiro atoms. The Morgan fingerprint density at radius 1 is 0.896 bits per heavy atom. The highest BCUT2D eigenvalue weighted by atomic mass is 16.6. The van der Waals surface area contributed by atoms with E-state index in [4.69, 9.17) is 10.1 Å². The zero-order chi connectivity index (χ0) is 33.4. The molecule has 10 nitrogen and oxygen atoms in total. The molecule has 1 heterocycles. The number of fused-ring (bicyclic) bond motifs is 3. The Kier molecular flexibility index (Phi) is 7.74. The quantitative estimate of drug-likeness (QED) is 0.0715. The first-order valence-electron chi connectivity index (χ1n) is 15.3. The van der Waals surface area contributed by atoms with Gasteiger partial charge in [0.25, 0.3) is 5.69 Å². The smallest absolute Gasteiger partial charge is 0.273 e. The van der Waals surface area contributed by atoms with Crippen LogP contribution in [0.4, 0.5) is 17.1 Å². The Hall–Kier alpha value is -6.55. The second-order valence-electron chi connectivity index (χ2n) is 11.6. The average Bonchev–Trinajstić information content (AvgIpc) is 3.08. The molecule has 0 aromatic heterocycles. The van der Waals surface area contributed by atoms with Crippen LogP contribution in [0, 0.1) is 24.0 Å². The molecule has 2 aliphatic rings. The Morgan fingerprint density at radius 2 is 1.65 bits per heavy atom. The average molecular weight is 635 g/mol. The number of nitro benzene ring substituents is 1. The topological polar surface area (TPSA) is 135 Å². The summed E-state index contributed by atoms with van der Waals surface area (Å²) < 4.78 is 2.07. The lowest BCUT2D eigenvalue weighted by Crippen LogP contribution is -2.17. The van der Waals surface area contributed by atoms with Crippen LogP contribution < -0.4 is 16.1 Å². The SMILES string of the molecule is Cc1cc2nc3cc(C)/c(=N\Nc4c(O)ccc5ccccc45)cc-3n(-c3ccccc3)c2cc1NC(=O)Cc1ccccc1[N+](=O)[O-]. The van der Waals surface area contributed by atoms with E-state index in [-0.39, 0.29) is 23.8 Å². The third-order valence-electron chi connectivity index (χ3n) is 8.36. The molecule has 0 fully saturated rings. The van der Waals surface area contributed by atoms with Crippen LogP contribution in [0.15, 0.2) is 120 Å². The summed E-state index contributed by atoms with van der Waals surface area (Å²) in [5, 5.41) is 32.4. The van der Waals surface area contributed by atoms with Gasteiger partial charge < -0.3 is 15.0 Å². The van der Waals surface area contributed by atoms with E-state index >= 15 is 0 Å². The first-order valence-corrected chi connectivity index (χ1v) is 15.3. The summed E-state index contributed by atoms with van der Waals surface area (Å²) in [6.45, 7) is 3.85. The number of carbonyl (C=O) groups is 1. The van der Waals surface area contributed by atoms with E-state index in [1.165, 1.54) is 6.07 Å². The van der Waals surface area contributed by atoms with Crippen LogP contribution in [0.25, 0.3) is 38.9 Å². The van der Waals surface area contributed by atoms with E-state index in [1.54, 1.807) is 24.3 Å². The number of rotatable bonds is 7. The highest BCUT2D eigenvalue weighted by molar-refractivity contribution is 5.97. The fourth-order valence-electron chi connectivity index (χ4n) is 5.96. The van der Waals surface area contributed by atoms with Gasteiger partial charge in [-0.15, -0.1) is 0 Å². The summed E-state index contributed by atoms with van der Waals surface area (Å²) >= 11 is 0. The van der Waals surface area contributed by atoms with Crippen molar-refractivity contribution in [3.05, 3.63) is 147 Å². The molecule has 1 aliphatic carbocycles. The molecule has 0 bridgehead atoms. The molecule has 0 radical (unpaired) electrons. The maximum Gasteiger partial charge on any atom is 0.273 e. The lowest BCUT2D eigenvalue weighted by molar-refractivity contribution is -0.385. The van der Waals surface area contributed by atoms with Gasteiger partial charge in [0.2, 0.25) is 5.91 Å². The fourth-order valence-corrected chi connectivity index (χ4v) is 5.96. The van der Waals surface area contributed by atoms with Crippen molar-refractivity contribution in [1.29, 1.82) is 0 Å². The molecule has 7 rings (SSSR count). The van der Waals surface area contributed by atoms with E-state index in [0.717, 1.165) is 50.0 Å². The summed E-state index contributed by atoms with van der Waals surface area (Å²) in [6, 6.07) is 35.1. The van der Waals surface area contributed by atoms with Gasteiger partial charge in [-0.1, -0.05) is 66.7 Å². The lowest BCUT2D eigenvalue weighted by Gasteiger charge is -2.21. The van der Waals surface area contributed by atoms with Gasteiger partial charge in [-0.2, -0.15) is 5.10 Å². The number of nitrogens with zero attached hydrogens (tertiary/aromatic N) is 4. The molecule has 48 heavy (non-hydrogen) atoms. The van der Waals surface area contributed by atoms with E-state index in [9.17, 15) is 20.0 Å². The van der Waals surface area contributed by atoms with Crippen molar-refractivity contribution in [2.24, 2.45) is 5.10 Å². The summed E-state index contributed by atoms with van der Waals surface area (Å²) in [5.74, 6) is -0.277. The largest absolute Gasteiger partial charge is 0.506 e. The maximum absolute atomic E-state index is 13.2. The van der Waals surface area contributed by atoms with Crippen molar-refractivity contribution in [1.82, 2.24) is 9.55 Å². The van der Waals surface area contributed by atoms with Crippen LogP contribution in [-0.4, -0.2) is 25.5 Å². The molecule has 3 N–H and O–H groups in total. The summed E-state index contributed by atoms with van der Waals surface area (Å²) in [4.78, 5) is 29.2. The van der Waals surface area contributed by atoms with Crippen LogP contribution in [0.2, 0.25) is 0 Å². The van der Waals surface area contributed by atoms with Crippen molar-refractivity contribution >= 4 is 44.8 Å². The number of phenolic OH excluding ortho intramolecular Hbond substituents is 1. The van der Waals surface area contributed by atoms with Crippen LogP contribution in [-0.2, 0) is 11.2 Å². The second-order valence-corrected chi connectivity index (χ2v) is 11.6. The van der Waals surface area contributed by atoms with Crippen LogP contribution in [0.5, 0.6) is 5.75 Å². The Labute approximate surface area is 275 Å². The van der Waals surface area contributed by atoms with Crippen molar-refractivity contribution < 1.29 is 14.8 Å². The number of hydrogen-bond acceptors (Lipinski definition) is 7. The second kappa shape index (κ2) is 12.3. The molecule has 0 atom stereocenters. The molecule has 1 aliphatic heterocycles. The lowest BCUT2D eigenvalue weighted by atomic mass is 10.1. The van der Waals surface area contributed by atoms with Gasteiger partial charge in [-0.25, -0.2) is 4.98 Å². The predicted molar refractivity (Wildman–Crippen MR) is 187 cm³/mol. The van der Waals surface area contributed by atoms with Crippen molar-refractivity contribution in [3.63, 3.8) is 0 Å². The first-order chi connectivity index (χ1) is 23.3. The number of aryl methyl sites for hydroxylation is 2. The number of aromatic hydroxyl groups is 1. The highest BCUT2D eigenvalue weighted by Crippen LogP contribution is 2.34. The molecular weight excluding hydrogens is 604 g/mol. The van der Waals surface area contributed by atoms with Gasteiger partial charge in [-0.3, -0.25) is 20.3 Å². The Morgan fingerprint density at radius 3 is 2.46 bits per heavy atom. The van der Waals surface area contributed by atoms with Gasteiger partial charge in [0.1, 0.15) is 11.4 Å². The third kappa shape index (κ3) is 5.67. The van der Waals surface area contributed by atoms with E-state index in [1.807, 2.05) is 98.8 Å². The fraction of sp³-hybridized carbons (Fsp3) is 0.0789. The van der Waals surface area contributed by atoms with Gasteiger partial charge in [-0.05, 0) is 72.8 Å². The molecule has 5 aromatic rings. The van der Waals surface area contributed by atoms with Crippen molar-refractivity contribution in [3.8, 4) is 22.8 Å². The molecule has 1 amide bonds. The minimum absolute atomic E-state index is 0.0923. The van der Waals surface area contributed by atoms with Crippen LogP contribution >= 0.6 is 0 Å². The number of para-hydroxylation sites is 2. The van der Waals surface area contributed by atoms with Crippen molar-refractivity contribution in [2.45, 2.75) is 20.3 Å². The molecule has 5 aromatic carbocycles. The number of carbonyl (C=O) groups excluding carboxylic acids is 1. The number of nitrogens with one attached hydrogen (secondary N) is 2. The van der Waals surface area contributed by atoms with Gasteiger partial charge >= 0.3 is 0 Å². The van der Waals surface area contributed by atoms with Crippen LogP contribution in [0.3, 0.4) is 0 Å². The number of phenols is 1. The maximum atomic E-state index is 13.2. The standard InChI is InChI=1S/C38H30N6O4/c1-23-18-31-34(21-29(23)40-37(46)20-26-11-7-9-15-33(26)44(47)48)43(27-12-4-3-5-13-27)35-22-30(24(2)19-32(35)39-31)41-42-38-28-14-8-6-10-25(28)16-17-36(38)45/h3-19,21-22,42,45H,20H2,1-2H3,(H,40,46)/b41-30-. The van der Waals surface area contributed by atoms with E-state index in [2.05, 4.69) is 15.3 Å². The zero-order valence-corrected chi connectivity index (χ0v) is 26.1. The number of anilines is 2. The molecule has 0 saturated heterocycles. The van der Waals surface area contributed by atoms with E-state index < -0.39 is 4.92 Å². The molecule has 10 heteroatoms. The molecular formula is C38H30N6O4. The molecule has 0 unspecified atom stereocenters. The molecule has 0 saturated carbocycles. The Bertz CT molecular complexity index is 2420. The van der Waals surface area contributed by atoms with Crippen LogP contribution in [0.1, 0.15) is 16.7 Å². The normalized spacial score (nSPS) is 11.7. The van der Waals surface area contributed by atoms with Gasteiger partial charge in [0.05, 0.1) is 39.1 Å². The summed E-state index contributed by atoms with van der Waals surface area (Å²) in [6.07, 6.45) is -0.146. The monoisotopic (exact) mass is 634 g/mol. The summed E-state index contributed by atoms with van der Waals surface area (Å²) in [7, 11) is 0. The number of aromatic nitrogens is 2. The first kappa shape index (κ1) is 30.1. The minimum atomic E-state index is -0.480. The number of nitro groups is 1. The number of benzene rings is 6. The van der Waals surface area contributed by atoms with Crippen molar-refractivity contribution in [2.75, 3.05) is 10.7 Å². The van der Waals surface area contributed by atoms with Gasteiger partial charge in [0.15, 0.2) is 0 Å². The molecule has 236 valence electrons. The highest BCUT2D eigenvalue weighted by Gasteiger charge is 2.19. The predicted octanol–water partition coefficient (Wildman–Crippen LogP) is 7.62. The Balaban J connectivity index is 1.35. The minimum Gasteiger partial charge on any atom is -0.506 e. The van der Waals surface area contributed by atoms with E-state index in [0.29, 0.717) is 22.3 Å². The third-order valence-corrected chi connectivity index (χ3v) is 8.36. The number of hydrogen-bond donors (Lipinski definition) is 3. The number of amides is 1. The zero-order valence-electron chi connectivity index (χ0n) is 26.1. The van der Waals surface area contributed by atoms with Gasteiger partial charge in [0, 0.05) is 28.4 Å².